The maximum absolute atomic E-state index is 7.22. The van der Waals surface area contributed by atoms with Crippen LogP contribution in [-0.4, -0.2) is 42.3 Å². The smallest absolute Gasteiger partial charge is 0.433 e. The van der Waals surface area contributed by atoms with E-state index in [1.165, 1.54) is 0 Å². The minimum absolute atomic E-state index is 0. The van der Waals surface area contributed by atoms with E-state index in [4.69, 9.17) is 16.5 Å². The lowest BCUT2D eigenvalue weighted by Gasteiger charge is -2.44. The highest BCUT2D eigenvalue weighted by atomic mass is 28.5. The second-order valence-electron chi connectivity index (χ2n) is 10.00. The predicted molar refractivity (Wildman–Crippen MR) is 184 cm³/mol. The topological polar surface area (TPSA) is 36.9 Å². The summed E-state index contributed by atoms with van der Waals surface area (Å²) in [5, 5.41) is 2.29. The molecule has 0 amide bonds. The van der Waals surface area contributed by atoms with Gasteiger partial charge in [-0.15, -0.1) is 19.7 Å². The first-order valence-electron chi connectivity index (χ1n) is 11.5. The molecule has 0 heterocycles. The van der Waals surface area contributed by atoms with Gasteiger partial charge in [-0.2, -0.15) is 0 Å². The fourth-order valence-electron chi connectivity index (χ4n) is 3.72. The van der Waals surface area contributed by atoms with Gasteiger partial charge in [0, 0.05) is 0 Å². The number of hydrogen-bond acceptors (Lipinski definition) is 4. The Morgan fingerprint density at radius 3 is 1.21 bits per heavy atom. The van der Waals surface area contributed by atoms with Crippen molar-refractivity contribution in [3.8, 4) is 0 Å². The minimum atomic E-state index is -3.43. The molecule has 1 unspecified atom stereocenters. The highest BCUT2D eigenvalue weighted by Crippen LogP contribution is 2.29. The Bertz CT molecular complexity index is 941. The van der Waals surface area contributed by atoms with Crippen LogP contribution in [0.4, 0.5) is 0 Å². The zero-order chi connectivity index (χ0) is 25.7. The zero-order valence-electron chi connectivity index (χ0n) is 21.8. The molecule has 2 rings (SSSR count). The van der Waals surface area contributed by atoms with Gasteiger partial charge in [0.15, 0.2) is 8.32 Å². The number of rotatable bonds is 13. The summed E-state index contributed by atoms with van der Waals surface area (Å²) in [6.07, 6.45) is 0. The summed E-state index contributed by atoms with van der Waals surface area (Å²) in [4.78, 5) is 0. The molecule has 0 aliphatic heterocycles. The third-order valence-electron chi connectivity index (χ3n) is 5.53. The SMILES string of the molecule is C.C.C.C.C=C[Si](C)(C)O[Si](C)(C)O[Si](C=C)(O[Si](C)(C)C=C)O[Si](C)(c1ccccc1)c1ccccc1. The van der Waals surface area contributed by atoms with Crippen LogP contribution >= 0.6 is 0 Å². The van der Waals surface area contributed by atoms with E-state index in [1.807, 2.05) is 47.8 Å². The molecule has 9 heteroatoms. The maximum atomic E-state index is 7.22. The summed E-state index contributed by atoms with van der Waals surface area (Å²) in [5.41, 5.74) is 5.62. The van der Waals surface area contributed by atoms with Crippen LogP contribution in [-0.2, 0) is 16.5 Å². The van der Waals surface area contributed by atoms with E-state index in [2.05, 4.69) is 89.8 Å². The third kappa shape index (κ3) is 11.0. The Hall–Kier alpha value is -1.42. The molecule has 38 heavy (non-hydrogen) atoms. The second kappa shape index (κ2) is 16.0. The maximum Gasteiger partial charge on any atom is 0.499 e. The van der Waals surface area contributed by atoms with Gasteiger partial charge < -0.3 is 16.5 Å². The van der Waals surface area contributed by atoms with Gasteiger partial charge in [-0.25, -0.2) is 0 Å². The predicted octanol–water partition coefficient (Wildman–Crippen LogP) is 8.21. The largest absolute Gasteiger partial charge is 0.499 e. The van der Waals surface area contributed by atoms with Crippen LogP contribution in [0.25, 0.3) is 0 Å². The van der Waals surface area contributed by atoms with Gasteiger partial charge in [0.2, 0.25) is 16.6 Å². The lowest BCUT2D eigenvalue weighted by molar-refractivity contribution is 0.246. The molecule has 0 spiro atoms. The number of benzene rings is 2. The van der Waals surface area contributed by atoms with Gasteiger partial charge in [0.05, 0.1) is 0 Å². The molecular formula is C29H56O4Si5. The lowest BCUT2D eigenvalue weighted by atomic mass is 10.4. The molecule has 1 atom stereocenters. The minimum Gasteiger partial charge on any atom is -0.433 e. The highest BCUT2D eigenvalue weighted by molar-refractivity contribution is 7.03. The standard InChI is InChI=1S/C25H40O4Si5.4CH4/c1-11-30(4,5)26-32(8,9)28-34(13-3,27-31(6,7)12-2)29-33(10,24-20-16-14-17-21-24)25-22-18-15-19-23-25;;;;/h11-23H,1-3H2,4-10H3;4*1H4. The van der Waals surface area contributed by atoms with E-state index in [9.17, 15) is 0 Å². The van der Waals surface area contributed by atoms with Crippen molar-refractivity contribution < 1.29 is 16.5 Å². The fraction of sp³-hybridized carbons (Fsp3) is 0.379. The second-order valence-corrected chi connectivity index (χ2v) is 28.1. The quantitative estimate of drug-likeness (QED) is 0.215. The Balaban J connectivity index is -0.00000306. The molecule has 2 aromatic carbocycles. The molecule has 4 nitrogen and oxygen atoms in total. The van der Waals surface area contributed by atoms with Crippen LogP contribution in [0.3, 0.4) is 0 Å². The van der Waals surface area contributed by atoms with Crippen LogP contribution in [0.2, 0.25) is 45.8 Å². The van der Waals surface area contributed by atoms with Crippen molar-refractivity contribution >= 4 is 52.7 Å². The normalized spacial score (nSPS) is 13.2. The Kier molecular flexibility index (Phi) is 17.3. The molecule has 216 valence electrons. The van der Waals surface area contributed by atoms with Crippen LogP contribution < -0.4 is 10.4 Å². The summed E-state index contributed by atoms with van der Waals surface area (Å²) < 4.78 is 27.5. The van der Waals surface area contributed by atoms with Crippen molar-refractivity contribution in [1.82, 2.24) is 0 Å². The Morgan fingerprint density at radius 2 is 0.868 bits per heavy atom. The van der Waals surface area contributed by atoms with E-state index in [1.54, 1.807) is 5.70 Å². The van der Waals surface area contributed by atoms with Gasteiger partial charge in [0.1, 0.15) is 0 Å². The third-order valence-corrected chi connectivity index (χ3v) is 24.1. The zero-order valence-corrected chi connectivity index (χ0v) is 26.8. The van der Waals surface area contributed by atoms with Crippen LogP contribution in [0.15, 0.2) is 97.5 Å². The van der Waals surface area contributed by atoms with Crippen molar-refractivity contribution in [3.05, 3.63) is 97.5 Å². The molecule has 0 N–H and O–H groups in total. The van der Waals surface area contributed by atoms with E-state index < -0.39 is 42.3 Å². The molecule has 0 fully saturated rings. The van der Waals surface area contributed by atoms with Gasteiger partial charge in [-0.3, -0.25) is 0 Å². The average Bonchev–Trinajstić information content (AvgIpc) is 2.78. The summed E-state index contributed by atoms with van der Waals surface area (Å²) in [7, 11) is -13.3. The van der Waals surface area contributed by atoms with E-state index >= 15 is 0 Å². The van der Waals surface area contributed by atoms with Crippen molar-refractivity contribution in [2.45, 2.75) is 75.5 Å². The summed E-state index contributed by atoms with van der Waals surface area (Å²) in [6.45, 7) is 26.9. The summed E-state index contributed by atoms with van der Waals surface area (Å²) in [6, 6.07) is 20.8. The fourth-order valence-corrected chi connectivity index (χ4v) is 23.5. The van der Waals surface area contributed by atoms with Gasteiger partial charge >= 0.3 is 17.4 Å². The first kappa shape index (κ1) is 41.1. The van der Waals surface area contributed by atoms with Crippen LogP contribution in [0.5, 0.6) is 0 Å². The molecule has 0 radical (unpaired) electrons. The van der Waals surface area contributed by atoms with E-state index in [-0.39, 0.29) is 29.7 Å². The van der Waals surface area contributed by atoms with Crippen molar-refractivity contribution in [1.29, 1.82) is 0 Å². The molecule has 2 aromatic rings. The summed E-state index contributed by atoms with van der Waals surface area (Å²) in [5.74, 6) is 0. The first-order chi connectivity index (χ1) is 15.7. The van der Waals surface area contributed by atoms with E-state index in [0.717, 1.165) is 10.4 Å². The van der Waals surface area contributed by atoms with Crippen LogP contribution in [0, 0.1) is 0 Å². The highest BCUT2D eigenvalue weighted by Gasteiger charge is 2.54. The monoisotopic (exact) mass is 608 g/mol. The summed E-state index contributed by atoms with van der Waals surface area (Å²) >= 11 is 0. The molecular weight excluding hydrogens is 553 g/mol. The van der Waals surface area contributed by atoms with Crippen LogP contribution in [0.1, 0.15) is 29.7 Å². The molecule has 0 aliphatic carbocycles. The Morgan fingerprint density at radius 1 is 0.500 bits per heavy atom. The molecule has 0 bridgehead atoms. The van der Waals surface area contributed by atoms with E-state index in [0.29, 0.717) is 0 Å². The Labute approximate surface area is 241 Å². The van der Waals surface area contributed by atoms with Gasteiger partial charge in [0.25, 0.3) is 0 Å². The lowest BCUT2D eigenvalue weighted by Crippen LogP contribution is -2.69. The van der Waals surface area contributed by atoms with Crippen molar-refractivity contribution in [2.24, 2.45) is 0 Å². The molecule has 0 saturated carbocycles. The van der Waals surface area contributed by atoms with Crippen molar-refractivity contribution in [2.75, 3.05) is 0 Å². The molecule has 0 aliphatic rings. The van der Waals surface area contributed by atoms with Crippen molar-refractivity contribution in [3.63, 3.8) is 0 Å². The van der Waals surface area contributed by atoms with Gasteiger partial charge in [-0.05, 0) is 61.9 Å². The molecule has 0 saturated heterocycles. The first-order valence-corrected chi connectivity index (χ1v) is 24.5. The molecule has 0 aromatic heterocycles. The van der Waals surface area contributed by atoms with Gasteiger partial charge in [-0.1, -0.05) is 102 Å². The number of hydrogen-bond donors (Lipinski definition) is 0. The average molecular weight is 609 g/mol.